The fraction of sp³-hybridized carbons (Fsp3) is 0.100. The van der Waals surface area contributed by atoms with E-state index in [1.54, 1.807) is 13.0 Å². The van der Waals surface area contributed by atoms with Crippen molar-refractivity contribution in [1.82, 2.24) is 19.8 Å². The summed E-state index contributed by atoms with van der Waals surface area (Å²) in [6, 6.07) is 4.51. The zero-order valence-corrected chi connectivity index (χ0v) is 18.2. The van der Waals surface area contributed by atoms with Crippen LogP contribution in [0.3, 0.4) is 0 Å². The van der Waals surface area contributed by atoms with E-state index in [1.807, 2.05) is 0 Å². The van der Waals surface area contributed by atoms with Crippen LogP contribution in [0.15, 0.2) is 68.9 Å². The number of carbonyl (C=O) groups excluding carboxylic acids is 1. The summed E-state index contributed by atoms with van der Waals surface area (Å²) in [4.78, 5) is 16.9. The molecule has 0 radical (unpaired) electrons. The van der Waals surface area contributed by atoms with Crippen LogP contribution in [0.2, 0.25) is 0 Å². The molecule has 1 aliphatic heterocycles. The van der Waals surface area contributed by atoms with Crippen molar-refractivity contribution in [3.63, 3.8) is 0 Å². The van der Waals surface area contributed by atoms with Crippen LogP contribution < -0.4 is 10.6 Å². The Balaban J connectivity index is 1.95. The summed E-state index contributed by atoms with van der Waals surface area (Å²) in [7, 11) is 0. The molecule has 0 bridgehead atoms. The highest BCUT2D eigenvalue weighted by molar-refractivity contribution is 6.31. The van der Waals surface area contributed by atoms with Crippen molar-refractivity contribution in [1.29, 1.82) is 10.8 Å². The van der Waals surface area contributed by atoms with Gasteiger partial charge in [-0.1, -0.05) is 17.7 Å². The molecule has 0 spiro atoms. The average molecular weight is 492 g/mol. The number of allylic oxidation sites excluding steroid dienone is 4. The van der Waals surface area contributed by atoms with Crippen molar-refractivity contribution in [2.45, 2.75) is 13.1 Å². The number of nitrogens with zero attached hydrogens (tertiary/aromatic N) is 5. The summed E-state index contributed by atoms with van der Waals surface area (Å²) in [6.45, 7) is 1.69. The zero-order valence-electron chi connectivity index (χ0n) is 17.4. The van der Waals surface area contributed by atoms with Crippen molar-refractivity contribution in [2.24, 2.45) is 10.2 Å². The second kappa shape index (κ2) is 10.1. The Kier molecular flexibility index (Phi) is 7.26. The Labute approximate surface area is 195 Å². The maximum absolute atomic E-state index is 13.9. The van der Waals surface area contributed by atoms with Gasteiger partial charge in [0.2, 0.25) is 0 Å². The fourth-order valence-electron chi connectivity index (χ4n) is 2.82. The number of fused-ring (bicyclic) bond motifs is 1. The van der Waals surface area contributed by atoms with Crippen LogP contribution >= 0.6 is 11.6 Å². The molecule has 14 heteroatoms. The smallest absolute Gasteiger partial charge is 0.337 e. The number of pyridine rings is 1. The maximum Gasteiger partial charge on any atom is 0.432 e. The van der Waals surface area contributed by atoms with E-state index in [1.165, 1.54) is 35.0 Å². The lowest BCUT2D eigenvalue weighted by Crippen LogP contribution is -2.32. The first-order chi connectivity index (χ1) is 16.1. The molecule has 0 aliphatic carbocycles. The number of amides is 1. The molecule has 1 aliphatic rings. The summed E-state index contributed by atoms with van der Waals surface area (Å²) in [5, 5.41) is 27.6. The third-order valence-electron chi connectivity index (χ3n) is 4.17. The van der Waals surface area contributed by atoms with Gasteiger partial charge >= 0.3 is 6.18 Å². The molecule has 0 atom stereocenters. The van der Waals surface area contributed by atoms with Crippen molar-refractivity contribution < 1.29 is 18.0 Å². The van der Waals surface area contributed by atoms with Gasteiger partial charge in [0, 0.05) is 18.6 Å². The van der Waals surface area contributed by atoms with Crippen molar-refractivity contribution in [3.8, 4) is 0 Å². The van der Waals surface area contributed by atoms with E-state index < -0.39 is 23.4 Å². The fourth-order valence-corrected chi connectivity index (χ4v) is 3.03. The average Bonchev–Trinajstić information content (AvgIpc) is 3.06. The minimum absolute atomic E-state index is 0.00139. The van der Waals surface area contributed by atoms with E-state index in [0.29, 0.717) is 17.6 Å². The molecule has 176 valence electrons. The molecule has 0 saturated carbocycles. The second-order valence-corrected chi connectivity index (χ2v) is 7.08. The predicted octanol–water partition coefficient (Wildman–Crippen LogP) is 3.54. The molecule has 3 heterocycles. The number of aromatic nitrogens is 2. The standard InChI is InChI=1S/C20H17ClF3N9O/c1-12-10-32-16(29-12)3-2-4-17(32)31-18(20(22,23)24)15(8-26)19(34)30-14-7-13(21)11-33(28-9-14)27-6-5-25/h2-11,25-26,31H,1H3,(H,30,34)/b18-15+,25-5?,26-8?,27-6-. The van der Waals surface area contributed by atoms with E-state index in [9.17, 15) is 18.0 Å². The molecule has 0 unspecified atom stereocenters. The lowest BCUT2D eigenvalue weighted by Gasteiger charge is -2.18. The normalized spacial score (nSPS) is 14.9. The highest BCUT2D eigenvalue weighted by Crippen LogP contribution is 2.30. The monoisotopic (exact) mass is 491 g/mol. The number of carbonyl (C=O) groups is 1. The minimum atomic E-state index is -5.00. The van der Waals surface area contributed by atoms with Gasteiger partial charge in [0.1, 0.15) is 17.2 Å². The largest absolute Gasteiger partial charge is 0.432 e. The van der Waals surface area contributed by atoms with Crippen molar-refractivity contribution in [3.05, 3.63) is 64.4 Å². The van der Waals surface area contributed by atoms with Gasteiger partial charge in [-0.15, -0.1) is 0 Å². The van der Waals surface area contributed by atoms with Gasteiger partial charge in [-0.3, -0.25) is 9.20 Å². The van der Waals surface area contributed by atoms with Crippen LogP contribution in [0.1, 0.15) is 5.69 Å². The van der Waals surface area contributed by atoms with Gasteiger partial charge < -0.3 is 21.5 Å². The van der Waals surface area contributed by atoms with Crippen molar-refractivity contribution in [2.75, 3.05) is 5.32 Å². The quantitative estimate of drug-likeness (QED) is 0.348. The molecule has 0 fully saturated rings. The van der Waals surface area contributed by atoms with Crippen molar-refractivity contribution >= 4 is 53.8 Å². The number of alkyl halides is 3. The molecule has 2 aromatic rings. The molecule has 0 saturated heterocycles. The summed E-state index contributed by atoms with van der Waals surface area (Å²) in [5.74, 6) is -1.22. The van der Waals surface area contributed by atoms with Gasteiger partial charge in [0.25, 0.3) is 5.91 Å². The number of aryl methyl sites for hydroxylation is 1. The first-order valence-corrected chi connectivity index (χ1v) is 9.80. The third kappa shape index (κ3) is 5.75. The van der Waals surface area contributed by atoms with E-state index >= 15 is 0 Å². The zero-order chi connectivity index (χ0) is 24.9. The Morgan fingerprint density at radius 1 is 1.26 bits per heavy atom. The summed E-state index contributed by atoms with van der Waals surface area (Å²) in [5.41, 5.74) is -1.48. The van der Waals surface area contributed by atoms with E-state index in [4.69, 9.17) is 22.4 Å². The Hall–Kier alpha value is -4.26. The van der Waals surface area contributed by atoms with Gasteiger partial charge in [-0.2, -0.15) is 28.5 Å². The lowest BCUT2D eigenvalue weighted by atomic mass is 10.1. The molecule has 4 N–H and O–H groups in total. The number of rotatable bonds is 7. The van der Waals surface area contributed by atoms with Gasteiger partial charge in [-0.25, -0.2) is 4.98 Å². The number of imidazole rings is 1. The first-order valence-electron chi connectivity index (χ1n) is 9.42. The minimum Gasteiger partial charge on any atom is -0.337 e. The highest BCUT2D eigenvalue weighted by atomic mass is 35.5. The number of hydrogen-bond donors (Lipinski definition) is 4. The summed E-state index contributed by atoms with van der Waals surface area (Å²) < 4.78 is 43.2. The van der Waals surface area contributed by atoms with Gasteiger partial charge in [0.15, 0.2) is 0 Å². The van der Waals surface area contributed by atoms with E-state index in [0.717, 1.165) is 23.8 Å². The van der Waals surface area contributed by atoms with Crippen LogP contribution in [0.5, 0.6) is 0 Å². The number of halogens is 4. The van der Waals surface area contributed by atoms with Crippen LogP contribution in [0, 0.1) is 17.7 Å². The Morgan fingerprint density at radius 3 is 2.71 bits per heavy atom. The van der Waals surface area contributed by atoms with Crippen LogP contribution in [0.4, 0.5) is 19.0 Å². The maximum atomic E-state index is 13.9. The van der Waals surface area contributed by atoms with Crippen LogP contribution in [-0.2, 0) is 4.79 Å². The SMILES string of the molecule is Cc1cn2c(N/C(=C(\C=N)C(=O)NC3=CC(Cl)=CN(/N=C\C=N)N=C3)C(F)(F)F)cccc2n1. The Morgan fingerprint density at radius 2 is 2.03 bits per heavy atom. The molecule has 10 nitrogen and oxygen atoms in total. The molecule has 2 aromatic heterocycles. The molecular formula is C20H17ClF3N9O. The summed E-state index contributed by atoms with van der Waals surface area (Å²) in [6.07, 6.45) is 2.44. The number of nitrogens with one attached hydrogen (secondary N) is 4. The van der Waals surface area contributed by atoms with Crippen LogP contribution in [0.25, 0.3) is 5.65 Å². The third-order valence-corrected chi connectivity index (χ3v) is 4.38. The highest BCUT2D eigenvalue weighted by Gasteiger charge is 2.38. The topological polar surface area (TPSA) is 134 Å². The predicted molar refractivity (Wildman–Crippen MR) is 123 cm³/mol. The number of anilines is 1. The van der Waals surface area contributed by atoms with Crippen LogP contribution in [-0.4, -0.2) is 51.4 Å². The molecule has 0 aromatic carbocycles. The summed E-state index contributed by atoms with van der Waals surface area (Å²) >= 11 is 6.01. The Bertz CT molecular complexity index is 1290. The molecule has 34 heavy (non-hydrogen) atoms. The number of hydrazone groups is 2. The molecular weight excluding hydrogens is 475 g/mol. The van der Waals surface area contributed by atoms with E-state index in [-0.39, 0.29) is 16.5 Å². The van der Waals surface area contributed by atoms with E-state index in [2.05, 4.69) is 25.8 Å². The lowest BCUT2D eigenvalue weighted by molar-refractivity contribution is -0.117. The molecule has 3 rings (SSSR count). The molecule has 1 amide bonds. The van der Waals surface area contributed by atoms with Gasteiger partial charge in [-0.05, 0) is 25.1 Å². The van der Waals surface area contributed by atoms with Gasteiger partial charge in [0.05, 0.1) is 40.6 Å². The second-order valence-electron chi connectivity index (χ2n) is 6.64. The first kappa shape index (κ1) is 24.4. The number of hydrogen-bond acceptors (Lipinski definition) is 8.